The normalized spacial score (nSPS) is 24.4. The Hall–Kier alpha value is -0.700. The van der Waals surface area contributed by atoms with Gasteiger partial charge in [-0.15, -0.1) is 0 Å². The van der Waals surface area contributed by atoms with Crippen molar-refractivity contribution in [3.05, 3.63) is 23.8 Å². The highest BCUT2D eigenvalue weighted by Crippen LogP contribution is 2.42. The molecule has 2 atom stereocenters. The van der Waals surface area contributed by atoms with Gasteiger partial charge in [0.15, 0.2) is 0 Å². The topological polar surface area (TPSA) is 18.5 Å². The molecule has 1 aliphatic carbocycles. The zero-order chi connectivity index (χ0) is 11.5. The first-order valence-electron chi connectivity index (χ1n) is 5.60. The molecule has 0 bridgehead atoms. The van der Waals surface area contributed by atoms with E-state index in [9.17, 15) is 0 Å². The Morgan fingerprint density at radius 3 is 2.56 bits per heavy atom. The van der Waals surface area contributed by atoms with E-state index in [1.165, 1.54) is 24.8 Å². The van der Waals surface area contributed by atoms with Crippen molar-refractivity contribution in [2.45, 2.75) is 30.0 Å². The van der Waals surface area contributed by atoms with Gasteiger partial charge in [-0.05, 0) is 36.8 Å². The summed E-state index contributed by atoms with van der Waals surface area (Å²) in [4.78, 5) is 0.657. The number of alkyl halides is 1. The van der Waals surface area contributed by atoms with Crippen molar-refractivity contribution in [3.8, 4) is 11.5 Å². The summed E-state index contributed by atoms with van der Waals surface area (Å²) < 4.78 is 10.6. The Morgan fingerprint density at radius 2 is 2.00 bits per heavy atom. The van der Waals surface area contributed by atoms with Crippen molar-refractivity contribution in [2.24, 2.45) is 0 Å². The molecule has 0 aromatic heterocycles. The first-order valence-corrected chi connectivity index (χ1v) is 6.52. The molecule has 16 heavy (non-hydrogen) atoms. The highest BCUT2D eigenvalue weighted by atomic mass is 79.9. The minimum Gasteiger partial charge on any atom is -0.497 e. The van der Waals surface area contributed by atoms with E-state index in [1.807, 2.05) is 12.1 Å². The highest BCUT2D eigenvalue weighted by Gasteiger charge is 2.26. The van der Waals surface area contributed by atoms with Crippen LogP contribution < -0.4 is 9.47 Å². The van der Waals surface area contributed by atoms with E-state index in [0.717, 1.165) is 11.5 Å². The van der Waals surface area contributed by atoms with Crippen molar-refractivity contribution >= 4 is 15.9 Å². The Kier molecular flexibility index (Phi) is 3.74. The van der Waals surface area contributed by atoms with Crippen LogP contribution in [0, 0.1) is 0 Å². The maximum absolute atomic E-state index is 5.44. The fraction of sp³-hybridized carbons (Fsp3) is 0.538. The molecule has 1 aromatic carbocycles. The summed E-state index contributed by atoms with van der Waals surface area (Å²) in [6.45, 7) is 0. The number of benzene rings is 1. The molecular formula is C13H17BrO2. The van der Waals surface area contributed by atoms with Crippen molar-refractivity contribution in [2.75, 3.05) is 14.2 Å². The molecule has 2 rings (SSSR count). The quantitative estimate of drug-likeness (QED) is 0.788. The van der Waals surface area contributed by atoms with E-state index in [4.69, 9.17) is 9.47 Å². The standard InChI is InChI=1S/C13H17BrO2/c1-15-11-5-6-12(13(8-11)16-2)9-3-4-10(14)7-9/h5-6,8-10H,3-4,7H2,1-2H3. The maximum Gasteiger partial charge on any atom is 0.126 e. The van der Waals surface area contributed by atoms with Crippen LogP contribution in [0.3, 0.4) is 0 Å². The molecular weight excluding hydrogens is 268 g/mol. The van der Waals surface area contributed by atoms with Gasteiger partial charge in [0.1, 0.15) is 11.5 Å². The number of hydrogen-bond donors (Lipinski definition) is 0. The van der Waals surface area contributed by atoms with Crippen molar-refractivity contribution in [3.63, 3.8) is 0 Å². The van der Waals surface area contributed by atoms with Gasteiger partial charge in [-0.3, -0.25) is 0 Å². The van der Waals surface area contributed by atoms with E-state index in [1.54, 1.807) is 14.2 Å². The van der Waals surface area contributed by atoms with Gasteiger partial charge in [0.25, 0.3) is 0 Å². The molecule has 0 heterocycles. The summed E-state index contributed by atoms with van der Waals surface area (Å²) in [6.07, 6.45) is 3.68. The van der Waals surface area contributed by atoms with Crippen molar-refractivity contribution in [1.29, 1.82) is 0 Å². The number of rotatable bonds is 3. The largest absolute Gasteiger partial charge is 0.497 e. The second kappa shape index (κ2) is 5.09. The Labute approximate surface area is 105 Å². The zero-order valence-corrected chi connectivity index (χ0v) is 11.3. The van der Waals surface area contributed by atoms with Gasteiger partial charge in [-0.1, -0.05) is 22.0 Å². The fourth-order valence-corrected chi connectivity index (χ4v) is 3.08. The number of ether oxygens (including phenoxy) is 2. The van der Waals surface area contributed by atoms with E-state index < -0.39 is 0 Å². The van der Waals surface area contributed by atoms with Crippen LogP contribution in [0.5, 0.6) is 11.5 Å². The SMILES string of the molecule is COc1ccc(C2CCC(Br)C2)c(OC)c1. The summed E-state index contributed by atoms with van der Waals surface area (Å²) >= 11 is 3.69. The number of halogens is 1. The Balaban J connectivity index is 2.26. The first-order chi connectivity index (χ1) is 7.74. The number of methoxy groups -OCH3 is 2. The molecule has 0 amide bonds. The summed E-state index contributed by atoms with van der Waals surface area (Å²) in [6, 6.07) is 6.11. The monoisotopic (exact) mass is 284 g/mol. The van der Waals surface area contributed by atoms with Gasteiger partial charge in [0.2, 0.25) is 0 Å². The predicted octanol–water partition coefficient (Wildman–Crippen LogP) is 3.73. The van der Waals surface area contributed by atoms with Crippen LogP contribution in [0.4, 0.5) is 0 Å². The molecule has 0 saturated heterocycles. The van der Waals surface area contributed by atoms with Gasteiger partial charge in [0.05, 0.1) is 14.2 Å². The third-order valence-corrected chi connectivity index (χ3v) is 4.08. The maximum atomic E-state index is 5.44. The van der Waals surface area contributed by atoms with E-state index in [2.05, 4.69) is 22.0 Å². The molecule has 0 radical (unpaired) electrons. The Bertz CT molecular complexity index is 365. The molecule has 1 fully saturated rings. The molecule has 0 spiro atoms. The van der Waals surface area contributed by atoms with Crippen LogP contribution in [0.1, 0.15) is 30.7 Å². The van der Waals surface area contributed by atoms with Gasteiger partial charge >= 0.3 is 0 Å². The molecule has 1 aliphatic rings. The van der Waals surface area contributed by atoms with Gasteiger partial charge in [-0.2, -0.15) is 0 Å². The lowest BCUT2D eigenvalue weighted by molar-refractivity contribution is 0.388. The summed E-state index contributed by atoms with van der Waals surface area (Å²) in [5.74, 6) is 2.42. The number of hydrogen-bond acceptors (Lipinski definition) is 2. The van der Waals surface area contributed by atoms with E-state index >= 15 is 0 Å². The van der Waals surface area contributed by atoms with Crippen LogP contribution in [0.15, 0.2) is 18.2 Å². The molecule has 1 saturated carbocycles. The highest BCUT2D eigenvalue weighted by molar-refractivity contribution is 9.09. The van der Waals surface area contributed by atoms with Crippen molar-refractivity contribution < 1.29 is 9.47 Å². The molecule has 88 valence electrons. The molecule has 0 N–H and O–H groups in total. The second-order valence-corrected chi connectivity index (χ2v) is 5.51. The minimum absolute atomic E-state index is 0.616. The van der Waals surface area contributed by atoms with Crippen LogP contribution >= 0.6 is 15.9 Å². The Morgan fingerprint density at radius 1 is 1.19 bits per heavy atom. The van der Waals surface area contributed by atoms with Gasteiger partial charge < -0.3 is 9.47 Å². The molecule has 2 unspecified atom stereocenters. The van der Waals surface area contributed by atoms with Gasteiger partial charge in [-0.25, -0.2) is 0 Å². The molecule has 2 nitrogen and oxygen atoms in total. The lowest BCUT2D eigenvalue weighted by atomic mass is 9.96. The predicted molar refractivity (Wildman–Crippen MR) is 68.9 cm³/mol. The van der Waals surface area contributed by atoms with E-state index in [0.29, 0.717) is 10.7 Å². The zero-order valence-electron chi connectivity index (χ0n) is 9.70. The van der Waals surface area contributed by atoms with Crippen LogP contribution in [-0.4, -0.2) is 19.0 Å². The second-order valence-electron chi connectivity index (χ2n) is 4.22. The molecule has 0 aliphatic heterocycles. The third kappa shape index (κ3) is 2.34. The summed E-state index contributed by atoms with van der Waals surface area (Å²) in [7, 11) is 3.40. The smallest absolute Gasteiger partial charge is 0.126 e. The minimum atomic E-state index is 0.616. The molecule has 1 aromatic rings. The van der Waals surface area contributed by atoms with E-state index in [-0.39, 0.29) is 0 Å². The lowest BCUT2D eigenvalue weighted by Crippen LogP contribution is -1.99. The fourth-order valence-electron chi connectivity index (χ4n) is 2.36. The first kappa shape index (κ1) is 11.8. The average Bonchev–Trinajstić information content (AvgIpc) is 2.74. The van der Waals surface area contributed by atoms with Crippen molar-refractivity contribution in [1.82, 2.24) is 0 Å². The van der Waals surface area contributed by atoms with Gasteiger partial charge in [0, 0.05) is 10.9 Å². The van der Waals surface area contributed by atoms with Crippen LogP contribution in [-0.2, 0) is 0 Å². The average molecular weight is 285 g/mol. The summed E-state index contributed by atoms with van der Waals surface area (Å²) in [5, 5.41) is 0. The lowest BCUT2D eigenvalue weighted by Gasteiger charge is -2.15. The summed E-state index contributed by atoms with van der Waals surface area (Å²) in [5.41, 5.74) is 1.31. The van der Waals surface area contributed by atoms with Crippen LogP contribution in [0.25, 0.3) is 0 Å². The van der Waals surface area contributed by atoms with Crippen LogP contribution in [0.2, 0.25) is 0 Å². The molecule has 3 heteroatoms. The third-order valence-electron chi connectivity index (χ3n) is 3.25.